The molecule has 2 amide bonds. The second-order valence-electron chi connectivity index (χ2n) is 6.85. The molecule has 1 aliphatic heterocycles. The number of carbonyl (C=O) groups excluding carboxylic acids is 2. The van der Waals surface area contributed by atoms with Gasteiger partial charge in [-0.3, -0.25) is 14.6 Å². The van der Waals surface area contributed by atoms with Crippen molar-refractivity contribution in [3.8, 4) is 5.75 Å². The average Bonchev–Trinajstić information content (AvgIpc) is 2.77. The number of aryl methyl sites for hydroxylation is 1. The largest absolute Gasteiger partial charge is 0.495 e. The number of amides is 2. The molecule has 8 nitrogen and oxygen atoms in total. The molecule has 0 saturated heterocycles. The molecule has 2 N–H and O–H groups in total. The minimum Gasteiger partial charge on any atom is -0.495 e. The predicted octanol–water partition coefficient (Wildman–Crippen LogP) is 3.00. The summed E-state index contributed by atoms with van der Waals surface area (Å²) in [4.78, 5) is 35.7. The Balaban J connectivity index is 1.64. The van der Waals surface area contributed by atoms with Crippen LogP contribution in [0.2, 0.25) is 0 Å². The first kappa shape index (κ1) is 19.4. The number of hydrogen-bond donors (Lipinski definition) is 2. The number of aromatic nitrogens is 2. The SMILES string of the molecule is COc1cccc(C)c1NC(=O)c1cnc2c(c1)N(Cc1ccccn1)C(=O)CN2. The Morgan fingerprint density at radius 2 is 2.10 bits per heavy atom. The minimum absolute atomic E-state index is 0.118. The zero-order valence-electron chi connectivity index (χ0n) is 16.7. The topological polar surface area (TPSA) is 96.4 Å². The lowest BCUT2D eigenvalue weighted by Crippen LogP contribution is -2.40. The highest BCUT2D eigenvalue weighted by Gasteiger charge is 2.26. The number of para-hydroxylation sites is 1. The summed E-state index contributed by atoms with van der Waals surface area (Å²) in [5.41, 5.74) is 3.10. The second kappa shape index (κ2) is 8.20. The molecule has 0 atom stereocenters. The van der Waals surface area contributed by atoms with Crippen molar-refractivity contribution in [1.82, 2.24) is 9.97 Å². The summed E-state index contributed by atoms with van der Waals surface area (Å²) in [6, 6.07) is 12.7. The fourth-order valence-corrected chi connectivity index (χ4v) is 3.29. The number of methoxy groups -OCH3 is 1. The van der Waals surface area contributed by atoms with E-state index in [0.717, 1.165) is 11.3 Å². The third-order valence-corrected chi connectivity index (χ3v) is 4.87. The van der Waals surface area contributed by atoms with E-state index in [9.17, 15) is 9.59 Å². The maximum absolute atomic E-state index is 12.9. The average molecular weight is 403 g/mol. The van der Waals surface area contributed by atoms with Crippen molar-refractivity contribution in [2.75, 3.05) is 29.2 Å². The molecular formula is C22H21N5O3. The van der Waals surface area contributed by atoms with Crippen LogP contribution in [0.3, 0.4) is 0 Å². The summed E-state index contributed by atoms with van der Waals surface area (Å²) in [6.45, 7) is 2.33. The number of pyridine rings is 2. The first-order valence-corrected chi connectivity index (χ1v) is 9.46. The molecule has 0 saturated carbocycles. The third-order valence-electron chi connectivity index (χ3n) is 4.87. The van der Waals surface area contributed by atoms with E-state index in [2.05, 4.69) is 20.6 Å². The zero-order valence-corrected chi connectivity index (χ0v) is 16.7. The molecule has 2 aromatic heterocycles. The van der Waals surface area contributed by atoms with Crippen LogP contribution >= 0.6 is 0 Å². The number of nitrogens with one attached hydrogen (secondary N) is 2. The van der Waals surface area contributed by atoms with E-state index in [0.29, 0.717) is 35.1 Å². The molecule has 30 heavy (non-hydrogen) atoms. The van der Waals surface area contributed by atoms with Crippen molar-refractivity contribution < 1.29 is 14.3 Å². The summed E-state index contributed by atoms with van der Waals surface area (Å²) in [6.07, 6.45) is 3.17. The molecule has 4 rings (SSSR count). The summed E-state index contributed by atoms with van der Waals surface area (Å²) in [5.74, 6) is 0.667. The minimum atomic E-state index is -0.339. The number of carbonyl (C=O) groups is 2. The van der Waals surface area contributed by atoms with E-state index in [4.69, 9.17) is 4.74 Å². The Bertz CT molecular complexity index is 1100. The molecule has 3 aromatic rings. The quantitative estimate of drug-likeness (QED) is 0.680. The van der Waals surface area contributed by atoms with Crippen LogP contribution in [0.5, 0.6) is 5.75 Å². The lowest BCUT2D eigenvalue weighted by atomic mass is 10.1. The lowest BCUT2D eigenvalue weighted by Gasteiger charge is -2.29. The standard InChI is InChI=1S/C22H21N5O3/c1-14-6-5-8-18(30-2)20(14)26-22(29)15-10-17-21(24-11-15)25-12-19(28)27(17)13-16-7-3-4-9-23-16/h3-11H,12-13H2,1-2H3,(H,24,25)(H,26,29). The molecule has 0 radical (unpaired) electrons. The normalized spacial score (nSPS) is 12.7. The maximum atomic E-state index is 12.9. The van der Waals surface area contributed by atoms with Gasteiger partial charge in [-0.1, -0.05) is 18.2 Å². The Labute approximate surface area is 173 Å². The van der Waals surface area contributed by atoms with Gasteiger partial charge >= 0.3 is 0 Å². The van der Waals surface area contributed by atoms with Crippen LogP contribution < -0.4 is 20.3 Å². The Morgan fingerprint density at radius 3 is 2.87 bits per heavy atom. The fraction of sp³-hybridized carbons (Fsp3) is 0.182. The van der Waals surface area contributed by atoms with E-state index in [1.165, 1.54) is 6.20 Å². The van der Waals surface area contributed by atoms with Crippen LogP contribution in [0.25, 0.3) is 0 Å². The van der Waals surface area contributed by atoms with Crippen LogP contribution in [0.15, 0.2) is 54.9 Å². The first-order valence-electron chi connectivity index (χ1n) is 9.46. The van der Waals surface area contributed by atoms with E-state index in [1.807, 2.05) is 37.3 Å². The van der Waals surface area contributed by atoms with Gasteiger partial charge in [-0.2, -0.15) is 0 Å². The zero-order chi connectivity index (χ0) is 21.1. The number of fused-ring (bicyclic) bond motifs is 1. The maximum Gasteiger partial charge on any atom is 0.257 e. The molecule has 0 unspecified atom stereocenters. The summed E-state index contributed by atoms with van der Waals surface area (Å²) < 4.78 is 5.35. The van der Waals surface area contributed by atoms with E-state index in [1.54, 1.807) is 30.3 Å². The number of benzene rings is 1. The van der Waals surface area contributed by atoms with Crippen LogP contribution in [-0.4, -0.2) is 35.4 Å². The smallest absolute Gasteiger partial charge is 0.257 e. The molecule has 8 heteroatoms. The van der Waals surface area contributed by atoms with Gasteiger partial charge < -0.3 is 20.3 Å². The molecule has 1 aromatic carbocycles. The summed E-state index contributed by atoms with van der Waals surface area (Å²) in [7, 11) is 1.55. The highest BCUT2D eigenvalue weighted by atomic mass is 16.5. The molecule has 1 aliphatic rings. The van der Waals surface area contributed by atoms with Gasteiger partial charge in [-0.25, -0.2) is 4.98 Å². The fourth-order valence-electron chi connectivity index (χ4n) is 3.29. The van der Waals surface area contributed by atoms with E-state index < -0.39 is 0 Å². The number of rotatable bonds is 5. The van der Waals surface area contributed by atoms with Crippen LogP contribution in [0, 0.1) is 6.92 Å². The van der Waals surface area contributed by atoms with Gasteiger partial charge in [-0.05, 0) is 36.8 Å². The van der Waals surface area contributed by atoms with Crippen molar-refractivity contribution in [2.45, 2.75) is 13.5 Å². The van der Waals surface area contributed by atoms with E-state index in [-0.39, 0.29) is 18.4 Å². The van der Waals surface area contributed by atoms with Crippen molar-refractivity contribution in [3.05, 3.63) is 71.7 Å². The highest BCUT2D eigenvalue weighted by molar-refractivity contribution is 6.08. The molecule has 0 bridgehead atoms. The van der Waals surface area contributed by atoms with Crippen molar-refractivity contribution in [3.63, 3.8) is 0 Å². The second-order valence-corrected chi connectivity index (χ2v) is 6.85. The monoisotopic (exact) mass is 403 g/mol. The van der Waals surface area contributed by atoms with Gasteiger partial charge in [-0.15, -0.1) is 0 Å². The molecule has 0 spiro atoms. The van der Waals surface area contributed by atoms with Crippen molar-refractivity contribution in [1.29, 1.82) is 0 Å². The van der Waals surface area contributed by atoms with Gasteiger partial charge in [0.1, 0.15) is 5.75 Å². The lowest BCUT2D eigenvalue weighted by molar-refractivity contribution is -0.117. The molecule has 0 fully saturated rings. The van der Waals surface area contributed by atoms with Gasteiger partial charge in [0.15, 0.2) is 5.82 Å². The summed E-state index contributed by atoms with van der Waals surface area (Å²) in [5, 5.41) is 5.89. The van der Waals surface area contributed by atoms with Gasteiger partial charge in [0.05, 0.1) is 42.8 Å². The number of hydrogen-bond acceptors (Lipinski definition) is 6. The van der Waals surface area contributed by atoms with Gasteiger partial charge in [0.2, 0.25) is 5.91 Å². The number of nitrogens with zero attached hydrogens (tertiary/aromatic N) is 3. The number of anilines is 3. The highest BCUT2D eigenvalue weighted by Crippen LogP contribution is 2.31. The predicted molar refractivity (Wildman–Crippen MR) is 114 cm³/mol. The van der Waals surface area contributed by atoms with Gasteiger partial charge in [0, 0.05) is 12.4 Å². The van der Waals surface area contributed by atoms with Crippen molar-refractivity contribution >= 4 is 29.0 Å². The van der Waals surface area contributed by atoms with Crippen LogP contribution in [0.4, 0.5) is 17.2 Å². The molecule has 0 aliphatic carbocycles. The number of ether oxygens (including phenoxy) is 1. The summed E-state index contributed by atoms with van der Waals surface area (Å²) >= 11 is 0. The first-order chi connectivity index (χ1) is 14.6. The molecule has 3 heterocycles. The van der Waals surface area contributed by atoms with Crippen LogP contribution in [0.1, 0.15) is 21.6 Å². The van der Waals surface area contributed by atoms with Crippen molar-refractivity contribution in [2.24, 2.45) is 0 Å². The molecule has 152 valence electrons. The third kappa shape index (κ3) is 3.80. The Morgan fingerprint density at radius 1 is 1.23 bits per heavy atom. The Hall–Kier alpha value is -3.94. The van der Waals surface area contributed by atoms with Crippen LogP contribution in [-0.2, 0) is 11.3 Å². The van der Waals surface area contributed by atoms with Gasteiger partial charge in [0.25, 0.3) is 5.91 Å². The Kier molecular flexibility index (Phi) is 5.30. The van der Waals surface area contributed by atoms with E-state index >= 15 is 0 Å². The molecular weight excluding hydrogens is 382 g/mol.